The van der Waals surface area contributed by atoms with Gasteiger partial charge in [-0.25, -0.2) is 0 Å². The predicted molar refractivity (Wildman–Crippen MR) is 104 cm³/mol. The summed E-state index contributed by atoms with van der Waals surface area (Å²) < 4.78 is 39.9. The minimum atomic E-state index is -4.44. The van der Waals surface area contributed by atoms with Crippen LogP contribution in [0.1, 0.15) is 57.9 Å². The van der Waals surface area contributed by atoms with E-state index in [-0.39, 0.29) is 35.4 Å². The number of carbonyl (C=O) groups is 2. The first-order valence-electron chi connectivity index (χ1n) is 10.1. The summed E-state index contributed by atoms with van der Waals surface area (Å²) in [6.07, 6.45) is -3.46. The van der Waals surface area contributed by atoms with Crippen molar-refractivity contribution in [1.29, 1.82) is 0 Å². The molecule has 2 saturated carbocycles. The summed E-state index contributed by atoms with van der Waals surface area (Å²) in [5.41, 5.74) is -0.0650. The Bertz CT molecular complexity index is 990. The van der Waals surface area contributed by atoms with E-state index < -0.39 is 29.6 Å². The van der Waals surface area contributed by atoms with Crippen LogP contribution in [-0.2, 0) is 6.18 Å². The van der Waals surface area contributed by atoms with Crippen molar-refractivity contribution in [2.24, 2.45) is 11.8 Å². The first-order valence-corrected chi connectivity index (χ1v) is 10.1. The summed E-state index contributed by atoms with van der Waals surface area (Å²) in [5.74, 6) is -0.378. The second-order valence-electron chi connectivity index (χ2n) is 8.19. The van der Waals surface area contributed by atoms with Crippen LogP contribution in [0.2, 0.25) is 0 Å². The molecule has 5 atom stereocenters. The van der Waals surface area contributed by atoms with E-state index in [4.69, 9.17) is 0 Å². The lowest BCUT2D eigenvalue weighted by molar-refractivity contribution is -0.137. The highest BCUT2D eigenvalue weighted by Gasteiger charge is 2.56. The van der Waals surface area contributed by atoms with Crippen molar-refractivity contribution in [2.45, 2.75) is 44.1 Å². The molecule has 0 unspecified atom stereocenters. The van der Waals surface area contributed by atoms with Gasteiger partial charge in [0.25, 0.3) is 11.8 Å². The third kappa shape index (κ3) is 4.04. The summed E-state index contributed by atoms with van der Waals surface area (Å²) in [6, 6.07) is 5.40. The second-order valence-corrected chi connectivity index (χ2v) is 8.19. The molecule has 7 nitrogen and oxygen atoms in total. The van der Waals surface area contributed by atoms with Crippen LogP contribution in [0.15, 0.2) is 30.3 Å². The largest absolute Gasteiger partial charge is 0.416 e. The van der Waals surface area contributed by atoms with E-state index in [0.29, 0.717) is 18.4 Å². The van der Waals surface area contributed by atoms with E-state index in [1.807, 2.05) is 0 Å². The maximum absolute atomic E-state index is 13.0. The van der Waals surface area contributed by atoms with Gasteiger partial charge >= 0.3 is 6.18 Å². The molecule has 166 valence electrons. The summed E-state index contributed by atoms with van der Waals surface area (Å²) in [4.78, 5) is 25.0. The average molecular weight is 436 g/mol. The van der Waals surface area contributed by atoms with Crippen LogP contribution in [0.5, 0.6) is 0 Å². The van der Waals surface area contributed by atoms with Gasteiger partial charge in [-0.05, 0) is 49.3 Å². The SMILES string of the molecule is CNC(=O)c1cc(C(=O)N[C@H]2[C@@H]3C[C@H](O)C[C@@H]32)n([C@@H](C)c2ccc(C(F)(F)F)cc2)n1. The zero-order valence-corrected chi connectivity index (χ0v) is 17.0. The number of amides is 2. The Morgan fingerprint density at radius 2 is 1.77 bits per heavy atom. The number of alkyl halides is 3. The number of nitrogens with zero attached hydrogens (tertiary/aromatic N) is 2. The predicted octanol–water partition coefficient (Wildman–Crippen LogP) is 2.37. The molecule has 3 N–H and O–H groups in total. The molecule has 31 heavy (non-hydrogen) atoms. The van der Waals surface area contributed by atoms with Crippen LogP contribution in [-0.4, -0.2) is 45.9 Å². The van der Waals surface area contributed by atoms with Crippen molar-refractivity contribution in [2.75, 3.05) is 7.05 Å². The molecule has 2 fully saturated rings. The van der Waals surface area contributed by atoms with Gasteiger partial charge in [0.15, 0.2) is 5.69 Å². The summed E-state index contributed by atoms with van der Waals surface area (Å²) in [5, 5.41) is 19.3. The van der Waals surface area contributed by atoms with Crippen LogP contribution >= 0.6 is 0 Å². The van der Waals surface area contributed by atoms with Crippen molar-refractivity contribution in [3.05, 3.63) is 52.8 Å². The highest BCUT2D eigenvalue weighted by atomic mass is 19.4. The van der Waals surface area contributed by atoms with Gasteiger partial charge in [-0.15, -0.1) is 0 Å². The molecular weight excluding hydrogens is 413 g/mol. The fourth-order valence-corrected chi connectivity index (χ4v) is 4.44. The number of nitrogens with one attached hydrogen (secondary N) is 2. The van der Waals surface area contributed by atoms with E-state index in [1.54, 1.807) is 6.92 Å². The second kappa shape index (κ2) is 7.67. The van der Waals surface area contributed by atoms with Gasteiger partial charge < -0.3 is 15.7 Å². The first kappa shape index (κ1) is 21.4. The molecule has 2 aromatic rings. The van der Waals surface area contributed by atoms with Gasteiger partial charge in [0, 0.05) is 19.2 Å². The maximum Gasteiger partial charge on any atom is 0.416 e. The fourth-order valence-electron chi connectivity index (χ4n) is 4.44. The van der Waals surface area contributed by atoms with Crippen LogP contribution in [0.25, 0.3) is 0 Å². The van der Waals surface area contributed by atoms with Crippen molar-refractivity contribution >= 4 is 11.8 Å². The van der Waals surface area contributed by atoms with Gasteiger partial charge in [0.1, 0.15) is 5.69 Å². The minimum Gasteiger partial charge on any atom is -0.393 e. The van der Waals surface area contributed by atoms with Crippen LogP contribution in [0.3, 0.4) is 0 Å². The van der Waals surface area contributed by atoms with Gasteiger partial charge in [0.05, 0.1) is 17.7 Å². The minimum absolute atomic E-state index is 0.0240. The van der Waals surface area contributed by atoms with Crippen molar-refractivity contribution in [1.82, 2.24) is 20.4 Å². The Morgan fingerprint density at radius 1 is 1.16 bits per heavy atom. The third-order valence-electron chi connectivity index (χ3n) is 6.23. The van der Waals surface area contributed by atoms with E-state index in [0.717, 1.165) is 12.1 Å². The number of aliphatic hydroxyl groups is 1. The molecule has 4 rings (SSSR count). The number of aliphatic hydroxyl groups excluding tert-OH is 1. The monoisotopic (exact) mass is 436 g/mol. The van der Waals surface area contributed by atoms with Gasteiger partial charge in [-0.2, -0.15) is 18.3 Å². The molecule has 2 aliphatic carbocycles. The number of aromatic nitrogens is 2. The summed E-state index contributed by atoms with van der Waals surface area (Å²) in [7, 11) is 1.44. The molecule has 1 aromatic heterocycles. The smallest absolute Gasteiger partial charge is 0.393 e. The Kier molecular flexibility index (Phi) is 5.28. The average Bonchev–Trinajstić information content (AvgIpc) is 3.10. The number of rotatable bonds is 5. The Hall–Kier alpha value is -2.88. The number of fused-ring (bicyclic) bond motifs is 1. The molecule has 1 heterocycles. The lowest BCUT2D eigenvalue weighted by atomic mass is 10.1. The van der Waals surface area contributed by atoms with E-state index in [2.05, 4.69) is 15.7 Å². The molecule has 2 amide bonds. The molecule has 1 aromatic carbocycles. The number of benzene rings is 1. The molecule has 2 aliphatic rings. The normalized spacial score (nSPS) is 25.6. The molecule has 0 spiro atoms. The van der Waals surface area contributed by atoms with Crippen LogP contribution in [0.4, 0.5) is 13.2 Å². The highest BCUT2D eigenvalue weighted by Crippen LogP contribution is 2.52. The maximum atomic E-state index is 13.0. The van der Waals surface area contributed by atoms with E-state index in [1.165, 1.54) is 29.9 Å². The lowest BCUT2D eigenvalue weighted by Gasteiger charge is -2.17. The zero-order valence-electron chi connectivity index (χ0n) is 17.0. The van der Waals surface area contributed by atoms with Crippen LogP contribution in [0, 0.1) is 11.8 Å². The Morgan fingerprint density at radius 3 is 2.32 bits per heavy atom. The molecule has 0 aliphatic heterocycles. The molecule has 10 heteroatoms. The molecule has 0 saturated heterocycles. The fraction of sp³-hybridized carbons (Fsp3) is 0.476. The first-order chi connectivity index (χ1) is 14.6. The Balaban J connectivity index is 1.59. The van der Waals surface area contributed by atoms with Gasteiger partial charge in [-0.3, -0.25) is 14.3 Å². The third-order valence-corrected chi connectivity index (χ3v) is 6.23. The van der Waals surface area contributed by atoms with Gasteiger partial charge in [-0.1, -0.05) is 12.1 Å². The number of halogens is 3. The van der Waals surface area contributed by atoms with E-state index >= 15 is 0 Å². The highest BCUT2D eigenvalue weighted by molar-refractivity contribution is 5.98. The number of carbonyl (C=O) groups excluding carboxylic acids is 2. The van der Waals surface area contributed by atoms with Crippen molar-refractivity contribution in [3.8, 4) is 0 Å². The quantitative estimate of drug-likeness (QED) is 0.671. The lowest BCUT2D eigenvalue weighted by Crippen LogP contribution is -2.32. The Labute approximate surface area is 176 Å². The van der Waals surface area contributed by atoms with Crippen molar-refractivity contribution in [3.63, 3.8) is 0 Å². The van der Waals surface area contributed by atoms with Crippen LogP contribution < -0.4 is 10.6 Å². The van der Waals surface area contributed by atoms with Gasteiger partial charge in [0.2, 0.25) is 0 Å². The van der Waals surface area contributed by atoms with Crippen molar-refractivity contribution < 1.29 is 27.9 Å². The van der Waals surface area contributed by atoms with E-state index in [9.17, 15) is 27.9 Å². The summed E-state index contributed by atoms with van der Waals surface area (Å²) in [6.45, 7) is 1.70. The molecule has 0 radical (unpaired) electrons. The number of hydrogen-bond donors (Lipinski definition) is 3. The topological polar surface area (TPSA) is 96.3 Å². The summed E-state index contributed by atoms with van der Waals surface area (Å²) >= 11 is 0. The standard InChI is InChI=1S/C21H23F3N4O3/c1-10(11-3-5-12(6-4-11)21(22,23)24)28-17(9-16(27-28)19(30)25-2)20(31)26-18-14-7-13(29)8-15(14)18/h3-6,9-10,13-15,18,29H,7-8H2,1-2H3,(H,25,30)(H,26,31)/t10-,13-,14+,15-,18-/m0/s1. The number of hydrogen-bond acceptors (Lipinski definition) is 4. The molecular formula is C21H23F3N4O3. The molecule has 0 bridgehead atoms. The zero-order chi connectivity index (χ0) is 22.5.